The lowest BCUT2D eigenvalue weighted by atomic mass is 10.1. The number of fused-ring (bicyclic) bond motifs is 2. The molecule has 2 atom stereocenters. The molecule has 1 saturated heterocycles. The predicted molar refractivity (Wildman–Crippen MR) is 116 cm³/mol. The van der Waals surface area contributed by atoms with E-state index >= 15 is 0 Å². The normalized spacial score (nSPS) is 22.8. The number of amides is 1. The van der Waals surface area contributed by atoms with Gasteiger partial charge in [0.05, 0.1) is 23.1 Å². The fourth-order valence-corrected chi connectivity index (χ4v) is 6.18. The molecule has 0 unspecified atom stereocenters. The molecule has 3 fully saturated rings. The Morgan fingerprint density at radius 1 is 1.20 bits per heavy atom. The van der Waals surface area contributed by atoms with E-state index in [2.05, 4.69) is 34.9 Å². The Morgan fingerprint density at radius 2 is 2.07 bits per heavy atom. The SMILES string of the molecule is Cc1cc(-c2ccnc(-n3ncc(C(=O)N4C[C@@H]5CC[C@@H]4C5)c3C3CC3)n2)c(C)s1. The van der Waals surface area contributed by atoms with Gasteiger partial charge < -0.3 is 4.90 Å². The minimum atomic E-state index is 0.149. The van der Waals surface area contributed by atoms with Gasteiger partial charge in [-0.3, -0.25) is 4.79 Å². The average Bonchev–Trinajstić information content (AvgIpc) is 3.11. The fraction of sp³-hybridized carbons (Fsp3) is 0.478. The van der Waals surface area contributed by atoms with E-state index in [4.69, 9.17) is 4.98 Å². The molecule has 1 aliphatic heterocycles. The zero-order chi connectivity index (χ0) is 20.4. The van der Waals surface area contributed by atoms with Gasteiger partial charge >= 0.3 is 0 Å². The van der Waals surface area contributed by atoms with Crippen LogP contribution < -0.4 is 0 Å². The summed E-state index contributed by atoms with van der Waals surface area (Å²) < 4.78 is 1.82. The van der Waals surface area contributed by atoms with Crippen LogP contribution in [0.3, 0.4) is 0 Å². The highest BCUT2D eigenvalue weighted by molar-refractivity contribution is 7.12. The van der Waals surface area contributed by atoms with Gasteiger partial charge in [0.2, 0.25) is 0 Å². The van der Waals surface area contributed by atoms with Gasteiger partial charge in [-0.1, -0.05) is 0 Å². The molecule has 154 valence electrons. The third-order valence-electron chi connectivity index (χ3n) is 6.82. The number of nitrogens with zero attached hydrogens (tertiary/aromatic N) is 5. The van der Waals surface area contributed by atoms with Gasteiger partial charge in [-0.2, -0.15) is 5.10 Å². The molecule has 2 aliphatic carbocycles. The molecule has 3 aliphatic rings. The van der Waals surface area contributed by atoms with Gasteiger partial charge in [-0.05, 0) is 64.0 Å². The summed E-state index contributed by atoms with van der Waals surface area (Å²) in [5.74, 6) is 1.77. The zero-order valence-corrected chi connectivity index (χ0v) is 18.2. The van der Waals surface area contributed by atoms with Crippen molar-refractivity contribution in [3.63, 3.8) is 0 Å². The second kappa shape index (κ2) is 6.74. The van der Waals surface area contributed by atoms with E-state index in [0.29, 0.717) is 23.8 Å². The Labute approximate surface area is 180 Å². The first-order chi connectivity index (χ1) is 14.6. The monoisotopic (exact) mass is 419 g/mol. The Kier molecular flexibility index (Phi) is 4.10. The van der Waals surface area contributed by atoms with Crippen LogP contribution in [0.25, 0.3) is 17.2 Å². The van der Waals surface area contributed by atoms with E-state index in [1.807, 2.05) is 10.7 Å². The lowest BCUT2D eigenvalue weighted by molar-refractivity contribution is 0.0702. The smallest absolute Gasteiger partial charge is 0.257 e. The van der Waals surface area contributed by atoms with Crippen LogP contribution in [-0.4, -0.2) is 43.1 Å². The number of aromatic nitrogens is 4. The second-order valence-corrected chi connectivity index (χ2v) is 10.4. The summed E-state index contributed by atoms with van der Waals surface area (Å²) in [6.07, 6.45) is 9.32. The maximum atomic E-state index is 13.4. The van der Waals surface area contributed by atoms with Crippen LogP contribution in [0.5, 0.6) is 0 Å². The maximum absolute atomic E-state index is 13.4. The number of hydrogen-bond acceptors (Lipinski definition) is 5. The van der Waals surface area contributed by atoms with E-state index in [-0.39, 0.29) is 5.91 Å². The molecule has 1 amide bonds. The van der Waals surface area contributed by atoms with Crippen molar-refractivity contribution in [3.05, 3.63) is 45.5 Å². The minimum Gasteiger partial charge on any atom is -0.335 e. The largest absolute Gasteiger partial charge is 0.335 e. The van der Waals surface area contributed by atoms with Gasteiger partial charge in [0.15, 0.2) is 0 Å². The van der Waals surface area contributed by atoms with Crippen LogP contribution in [-0.2, 0) is 0 Å². The van der Waals surface area contributed by atoms with Crippen LogP contribution in [0.15, 0.2) is 24.5 Å². The molecule has 7 heteroatoms. The van der Waals surface area contributed by atoms with E-state index in [1.54, 1.807) is 23.7 Å². The summed E-state index contributed by atoms with van der Waals surface area (Å²) in [7, 11) is 0. The number of carbonyl (C=O) groups excluding carboxylic acids is 1. The third kappa shape index (κ3) is 2.90. The molecule has 6 rings (SSSR count). The molecule has 3 aromatic heterocycles. The Hall–Kier alpha value is -2.54. The van der Waals surface area contributed by atoms with Crippen molar-refractivity contribution in [2.45, 2.75) is 57.9 Å². The van der Waals surface area contributed by atoms with Gasteiger partial charge in [0, 0.05) is 40.0 Å². The molecular formula is C23H25N5OS. The molecule has 2 saturated carbocycles. The van der Waals surface area contributed by atoms with E-state index in [0.717, 1.165) is 48.3 Å². The van der Waals surface area contributed by atoms with Gasteiger partial charge in [-0.25, -0.2) is 14.6 Å². The van der Waals surface area contributed by atoms with Crippen LogP contribution in [0, 0.1) is 19.8 Å². The number of likely N-dealkylation sites (tertiary alicyclic amines) is 1. The predicted octanol–water partition coefficient (Wildman–Crippen LogP) is 4.51. The molecule has 0 aromatic carbocycles. The molecule has 6 nitrogen and oxygen atoms in total. The highest BCUT2D eigenvalue weighted by Gasteiger charge is 2.43. The standard InChI is InChI=1S/C23H25N5OS/c1-13-9-18(14(2)30-13)20-7-8-24-23(26-20)28-21(16-4-5-16)19(11-25-28)22(29)27-12-15-3-6-17(27)10-15/h7-9,11,15-17H,3-6,10,12H2,1-2H3/t15-,17-/m1/s1. The van der Waals surface area contributed by atoms with Crippen molar-refractivity contribution in [1.29, 1.82) is 0 Å². The molecular weight excluding hydrogens is 394 g/mol. The second-order valence-electron chi connectivity index (χ2n) is 8.99. The van der Waals surface area contributed by atoms with Crippen LogP contribution in [0.1, 0.15) is 63.8 Å². The van der Waals surface area contributed by atoms with Crippen molar-refractivity contribution in [2.24, 2.45) is 5.92 Å². The maximum Gasteiger partial charge on any atom is 0.257 e. The first kappa shape index (κ1) is 18.2. The Morgan fingerprint density at radius 3 is 2.73 bits per heavy atom. The molecule has 0 radical (unpaired) electrons. The van der Waals surface area contributed by atoms with Crippen molar-refractivity contribution >= 4 is 17.2 Å². The first-order valence-corrected chi connectivity index (χ1v) is 11.7. The van der Waals surface area contributed by atoms with Crippen molar-refractivity contribution in [1.82, 2.24) is 24.6 Å². The van der Waals surface area contributed by atoms with E-state index < -0.39 is 0 Å². The Balaban J connectivity index is 1.39. The summed E-state index contributed by atoms with van der Waals surface area (Å²) in [4.78, 5) is 27.4. The summed E-state index contributed by atoms with van der Waals surface area (Å²) in [5, 5.41) is 4.61. The zero-order valence-electron chi connectivity index (χ0n) is 17.3. The molecule has 4 heterocycles. The van der Waals surface area contributed by atoms with Gasteiger partial charge in [-0.15, -0.1) is 11.3 Å². The number of piperidine rings is 1. The lowest BCUT2D eigenvalue weighted by Crippen LogP contribution is -2.38. The van der Waals surface area contributed by atoms with Crippen LogP contribution in [0.4, 0.5) is 0 Å². The number of aryl methyl sites for hydroxylation is 2. The highest BCUT2D eigenvalue weighted by atomic mass is 32.1. The van der Waals surface area contributed by atoms with Crippen molar-refractivity contribution in [3.8, 4) is 17.2 Å². The van der Waals surface area contributed by atoms with Gasteiger partial charge in [0.25, 0.3) is 11.9 Å². The van der Waals surface area contributed by atoms with E-state index in [9.17, 15) is 4.79 Å². The lowest BCUT2D eigenvalue weighted by Gasteiger charge is -2.27. The highest BCUT2D eigenvalue weighted by Crippen LogP contribution is 2.44. The van der Waals surface area contributed by atoms with Gasteiger partial charge in [0.1, 0.15) is 0 Å². The fourth-order valence-electron chi connectivity index (χ4n) is 5.25. The molecule has 0 N–H and O–H groups in total. The number of rotatable bonds is 4. The topological polar surface area (TPSA) is 63.9 Å². The minimum absolute atomic E-state index is 0.149. The number of hydrogen-bond donors (Lipinski definition) is 0. The third-order valence-corrected chi connectivity index (χ3v) is 7.79. The first-order valence-electron chi connectivity index (χ1n) is 10.9. The van der Waals surface area contributed by atoms with E-state index in [1.165, 1.54) is 22.6 Å². The molecule has 0 spiro atoms. The van der Waals surface area contributed by atoms with Crippen molar-refractivity contribution in [2.75, 3.05) is 6.54 Å². The number of carbonyl (C=O) groups is 1. The summed E-state index contributed by atoms with van der Waals surface area (Å²) in [6.45, 7) is 5.14. The average molecular weight is 420 g/mol. The number of thiophene rings is 1. The summed E-state index contributed by atoms with van der Waals surface area (Å²) in [5.41, 5.74) is 3.80. The van der Waals surface area contributed by atoms with Crippen molar-refractivity contribution < 1.29 is 4.79 Å². The van der Waals surface area contributed by atoms with Crippen LogP contribution in [0.2, 0.25) is 0 Å². The molecule has 3 aromatic rings. The summed E-state index contributed by atoms with van der Waals surface area (Å²) in [6, 6.07) is 4.54. The molecule has 2 bridgehead atoms. The molecule has 30 heavy (non-hydrogen) atoms. The summed E-state index contributed by atoms with van der Waals surface area (Å²) >= 11 is 1.78. The quantitative estimate of drug-likeness (QED) is 0.624. The van der Waals surface area contributed by atoms with Crippen LogP contribution >= 0.6 is 11.3 Å². The Bertz CT molecular complexity index is 1140.